The fraction of sp³-hybridized carbons (Fsp3) is 0.385. The number of hydrogen-bond donors (Lipinski definition) is 1. The van der Waals surface area contributed by atoms with E-state index in [1.165, 1.54) is 30.0 Å². The maximum Gasteiger partial charge on any atom is 0.356 e. The lowest BCUT2D eigenvalue weighted by atomic mass is 10.1. The molecule has 3 rings (SSSR count). The summed E-state index contributed by atoms with van der Waals surface area (Å²) in [4.78, 5) is 21.7. The highest BCUT2D eigenvalue weighted by molar-refractivity contribution is 5.85. The number of carboxylic acids is 1. The first-order valence-corrected chi connectivity index (χ1v) is 6.61. The predicted molar refractivity (Wildman–Crippen MR) is 72.2 cm³/mol. The second-order valence-corrected chi connectivity index (χ2v) is 4.71. The Bertz CT molecular complexity index is 619. The van der Waals surface area contributed by atoms with E-state index in [0.29, 0.717) is 5.95 Å². The van der Waals surface area contributed by atoms with Crippen LogP contribution in [0.25, 0.3) is 5.95 Å². The molecule has 2 aromatic rings. The molecule has 1 N–H and O–H groups in total. The number of carbonyl (C=O) groups is 1. The Morgan fingerprint density at radius 3 is 2.70 bits per heavy atom. The Morgan fingerprint density at radius 1 is 1.20 bits per heavy atom. The summed E-state index contributed by atoms with van der Waals surface area (Å²) in [5, 5.41) is 12.8. The number of carboxylic acid groups (broad SMARTS) is 1. The third kappa shape index (κ3) is 2.47. The third-order valence-corrected chi connectivity index (χ3v) is 3.32. The van der Waals surface area contributed by atoms with Gasteiger partial charge in [-0.3, -0.25) is 0 Å². The van der Waals surface area contributed by atoms with Crippen molar-refractivity contribution in [3.8, 4) is 5.95 Å². The topological polar surface area (TPSA) is 84.1 Å². The van der Waals surface area contributed by atoms with Gasteiger partial charge in [-0.1, -0.05) is 0 Å². The van der Waals surface area contributed by atoms with E-state index >= 15 is 0 Å². The zero-order chi connectivity index (χ0) is 13.9. The predicted octanol–water partition coefficient (Wildman–Crippen LogP) is 1.35. The first kappa shape index (κ1) is 12.6. The van der Waals surface area contributed by atoms with E-state index in [-0.39, 0.29) is 5.69 Å². The van der Waals surface area contributed by atoms with E-state index < -0.39 is 5.97 Å². The molecule has 1 fully saturated rings. The van der Waals surface area contributed by atoms with Crippen molar-refractivity contribution in [3.05, 3.63) is 30.2 Å². The van der Waals surface area contributed by atoms with Crippen molar-refractivity contribution >= 4 is 11.8 Å². The molecule has 7 heteroatoms. The van der Waals surface area contributed by atoms with Gasteiger partial charge in [0, 0.05) is 25.5 Å². The zero-order valence-corrected chi connectivity index (χ0v) is 10.9. The maximum atomic E-state index is 10.8. The lowest BCUT2D eigenvalue weighted by Crippen LogP contribution is -2.30. The van der Waals surface area contributed by atoms with Crippen LogP contribution in [0.2, 0.25) is 0 Å². The van der Waals surface area contributed by atoms with Crippen molar-refractivity contribution in [1.82, 2.24) is 19.7 Å². The molecular formula is C13H15N5O2. The standard InChI is InChI=1S/C13H15N5O2/c19-12(20)10-5-9-18(16-10)13-14-6-4-11(15-13)17-7-2-1-3-8-17/h4-6,9H,1-3,7-8H2,(H,19,20). The largest absolute Gasteiger partial charge is 0.476 e. The number of hydrogen-bond acceptors (Lipinski definition) is 5. The molecule has 0 saturated carbocycles. The summed E-state index contributed by atoms with van der Waals surface area (Å²) in [5.74, 6) is 0.193. The Labute approximate surface area is 115 Å². The molecule has 0 unspecified atom stereocenters. The number of rotatable bonds is 3. The van der Waals surface area contributed by atoms with Gasteiger partial charge in [-0.05, 0) is 31.4 Å². The molecule has 0 amide bonds. The zero-order valence-electron chi connectivity index (χ0n) is 10.9. The highest BCUT2D eigenvalue weighted by Gasteiger charge is 2.14. The summed E-state index contributed by atoms with van der Waals surface area (Å²) in [6.07, 6.45) is 6.83. The average molecular weight is 273 g/mol. The van der Waals surface area contributed by atoms with Crippen LogP contribution in [-0.4, -0.2) is 43.9 Å². The van der Waals surface area contributed by atoms with Gasteiger partial charge >= 0.3 is 5.97 Å². The molecule has 20 heavy (non-hydrogen) atoms. The summed E-state index contributed by atoms with van der Waals surface area (Å²) in [7, 11) is 0. The van der Waals surface area contributed by atoms with Crippen molar-refractivity contribution < 1.29 is 9.90 Å². The quantitative estimate of drug-likeness (QED) is 0.908. The fourth-order valence-electron chi connectivity index (χ4n) is 2.30. The molecule has 0 aliphatic carbocycles. The summed E-state index contributed by atoms with van der Waals surface area (Å²) in [5.41, 5.74) is -0.0167. The monoisotopic (exact) mass is 273 g/mol. The lowest BCUT2D eigenvalue weighted by Gasteiger charge is -2.27. The van der Waals surface area contributed by atoms with Gasteiger partial charge < -0.3 is 10.0 Å². The van der Waals surface area contributed by atoms with Crippen LogP contribution in [0.4, 0.5) is 5.82 Å². The average Bonchev–Trinajstić information content (AvgIpc) is 2.98. The van der Waals surface area contributed by atoms with E-state index in [2.05, 4.69) is 20.0 Å². The minimum Gasteiger partial charge on any atom is -0.476 e. The molecule has 104 valence electrons. The first-order valence-electron chi connectivity index (χ1n) is 6.61. The lowest BCUT2D eigenvalue weighted by molar-refractivity contribution is 0.0690. The molecule has 0 bridgehead atoms. The van der Waals surface area contributed by atoms with Gasteiger partial charge in [-0.2, -0.15) is 10.1 Å². The SMILES string of the molecule is O=C(O)c1ccn(-c2nccc(N3CCCCC3)n2)n1. The van der Waals surface area contributed by atoms with Gasteiger partial charge in [0.15, 0.2) is 5.69 Å². The van der Waals surface area contributed by atoms with E-state index in [9.17, 15) is 4.79 Å². The van der Waals surface area contributed by atoms with Crippen LogP contribution in [0.1, 0.15) is 29.8 Å². The van der Waals surface area contributed by atoms with Crippen LogP contribution in [0, 0.1) is 0 Å². The van der Waals surface area contributed by atoms with Crippen molar-refractivity contribution in [3.63, 3.8) is 0 Å². The van der Waals surface area contributed by atoms with Gasteiger partial charge in [-0.25, -0.2) is 14.5 Å². The van der Waals surface area contributed by atoms with Crippen LogP contribution >= 0.6 is 0 Å². The van der Waals surface area contributed by atoms with Crippen molar-refractivity contribution in [2.75, 3.05) is 18.0 Å². The first-order chi connectivity index (χ1) is 9.74. The van der Waals surface area contributed by atoms with Crippen LogP contribution in [0.5, 0.6) is 0 Å². The van der Waals surface area contributed by atoms with Gasteiger partial charge in [0.05, 0.1) is 0 Å². The minimum atomic E-state index is -1.06. The highest BCUT2D eigenvalue weighted by Crippen LogP contribution is 2.17. The van der Waals surface area contributed by atoms with Crippen molar-refractivity contribution in [2.24, 2.45) is 0 Å². The van der Waals surface area contributed by atoms with Gasteiger partial charge in [-0.15, -0.1) is 0 Å². The molecule has 2 aromatic heterocycles. The van der Waals surface area contributed by atoms with Crippen LogP contribution in [-0.2, 0) is 0 Å². The van der Waals surface area contributed by atoms with Crippen LogP contribution < -0.4 is 4.90 Å². The van der Waals surface area contributed by atoms with Gasteiger partial charge in [0.1, 0.15) is 5.82 Å². The molecule has 0 spiro atoms. The maximum absolute atomic E-state index is 10.8. The second kappa shape index (κ2) is 5.28. The van der Waals surface area contributed by atoms with E-state index in [1.54, 1.807) is 12.4 Å². The van der Waals surface area contributed by atoms with Gasteiger partial charge in [0.2, 0.25) is 0 Å². The number of aromatic nitrogens is 4. The van der Waals surface area contributed by atoms with E-state index in [0.717, 1.165) is 18.9 Å². The number of nitrogens with zero attached hydrogens (tertiary/aromatic N) is 5. The molecule has 7 nitrogen and oxygen atoms in total. The van der Waals surface area contributed by atoms with Crippen molar-refractivity contribution in [2.45, 2.75) is 19.3 Å². The fourth-order valence-corrected chi connectivity index (χ4v) is 2.30. The van der Waals surface area contributed by atoms with E-state index in [1.807, 2.05) is 6.07 Å². The molecule has 1 aliphatic rings. The minimum absolute atomic E-state index is 0.0167. The van der Waals surface area contributed by atoms with E-state index in [4.69, 9.17) is 5.11 Å². The Morgan fingerprint density at radius 2 is 2.00 bits per heavy atom. The summed E-state index contributed by atoms with van der Waals surface area (Å²) < 4.78 is 1.39. The Hall–Kier alpha value is -2.44. The van der Waals surface area contributed by atoms with Gasteiger partial charge in [0.25, 0.3) is 5.95 Å². The molecule has 3 heterocycles. The molecule has 0 aromatic carbocycles. The molecule has 0 radical (unpaired) electrons. The molecular weight excluding hydrogens is 258 g/mol. The summed E-state index contributed by atoms with van der Waals surface area (Å²) >= 11 is 0. The van der Waals surface area contributed by atoms with Crippen molar-refractivity contribution in [1.29, 1.82) is 0 Å². The number of anilines is 1. The summed E-state index contributed by atoms with van der Waals surface area (Å²) in [6, 6.07) is 3.30. The van der Waals surface area contributed by atoms with Crippen LogP contribution in [0.15, 0.2) is 24.5 Å². The molecule has 1 saturated heterocycles. The number of piperidine rings is 1. The highest BCUT2D eigenvalue weighted by atomic mass is 16.4. The normalized spacial score (nSPS) is 15.3. The third-order valence-electron chi connectivity index (χ3n) is 3.32. The summed E-state index contributed by atoms with van der Waals surface area (Å²) in [6.45, 7) is 1.99. The Balaban J connectivity index is 1.87. The molecule has 1 aliphatic heterocycles. The van der Waals surface area contributed by atoms with Crippen LogP contribution in [0.3, 0.4) is 0 Å². The number of aromatic carboxylic acids is 1. The molecule has 0 atom stereocenters. The second-order valence-electron chi connectivity index (χ2n) is 4.71. The Kier molecular flexibility index (Phi) is 3.32. The smallest absolute Gasteiger partial charge is 0.356 e.